The fraction of sp³-hybridized carbons (Fsp3) is 0.542. The molecule has 0 N–H and O–H groups in total. The summed E-state index contributed by atoms with van der Waals surface area (Å²) in [4.78, 5) is 14.9. The highest BCUT2D eigenvalue weighted by molar-refractivity contribution is 5.92. The molecule has 5 heteroatoms. The number of hydrogen-bond donors (Lipinski definition) is 0. The number of rotatable bonds is 3. The molecule has 2 aliphatic rings. The zero-order valence-corrected chi connectivity index (χ0v) is 17.9. The molecule has 0 spiro atoms. The molecule has 1 unspecified atom stereocenters. The number of aromatic nitrogens is 3. The largest absolute Gasteiger partial charge is 0.329 e. The molecular weight excluding hydrogens is 360 g/mol. The van der Waals surface area contributed by atoms with Gasteiger partial charge < -0.3 is 9.47 Å². The van der Waals surface area contributed by atoms with Gasteiger partial charge in [-0.25, -0.2) is 0 Å². The van der Waals surface area contributed by atoms with Gasteiger partial charge in [-0.2, -0.15) is 0 Å². The predicted molar refractivity (Wildman–Crippen MR) is 115 cm³/mol. The number of carbonyl (C=O) groups excluding carboxylic acids is 1. The summed E-state index contributed by atoms with van der Waals surface area (Å²) in [7, 11) is 0. The lowest BCUT2D eigenvalue weighted by Crippen LogP contribution is -2.30. The van der Waals surface area contributed by atoms with Gasteiger partial charge in [-0.15, -0.1) is 10.2 Å². The lowest BCUT2D eigenvalue weighted by Gasteiger charge is -2.23. The molecule has 3 heterocycles. The fourth-order valence-corrected chi connectivity index (χ4v) is 4.41. The van der Waals surface area contributed by atoms with Crippen LogP contribution in [0.15, 0.2) is 30.3 Å². The first kappa shape index (κ1) is 19.9. The van der Waals surface area contributed by atoms with Crippen molar-refractivity contribution in [1.29, 1.82) is 0 Å². The van der Waals surface area contributed by atoms with Crippen LogP contribution in [0.1, 0.15) is 81.7 Å². The first-order valence-electron chi connectivity index (χ1n) is 10.9. The molecule has 0 radical (unpaired) electrons. The molecule has 2 aromatic rings. The van der Waals surface area contributed by atoms with Crippen molar-refractivity contribution in [3.8, 4) is 0 Å². The summed E-state index contributed by atoms with van der Waals surface area (Å²) >= 11 is 0. The maximum atomic E-state index is 13.0. The van der Waals surface area contributed by atoms with Gasteiger partial charge in [-0.05, 0) is 48.3 Å². The van der Waals surface area contributed by atoms with E-state index in [0.717, 1.165) is 49.6 Å². The molecule has 154 valence electrons. The van der Waals surface area contributed by atoms with E-state index in [0.29, 0.717) is 0 Å². The number of nitrogens with zero attached hydrogens (tertiary/aromatic N) is 4. The van der Waals surface area contributed by atoms with Crippen molar-refractivity contribution in [2.45, 2.75) is 77.3 Å². The van der Waals surface area contributed by atoms with Gasteiger partial charge in [0, 0.05) is 25.6 Å². The minimum Gasteiger partial charge on any atom is -0.329 e. The normalized spacial score (nSPS) is 20.1. The van der Waals surface area contributed by atoms with E-state index in [4.69, 9.17) is 0 Å². The molecule has 4 rings (SSSR count). The number of hydrogen-bond acceptors (Lipinski definition) is 3. The molecule has 29 heavy (non-hydrogen) atoms. The molecule has 1 aromatic carbocycles. The predicted octanol–water partition coefficient (Wildman–Crippen LogP) is 4.68. The average Bonchev–Trinajstić information content (AvgIpc) is 3.26. The summed E-state index contributed by atoms with van der Waals surface area (Å²) in [5.41, 5.74) is 2.49. The highest BCUT2D eigenvalue weighted by Crippen LogP contribution is 2.32. The molecule has 1 fully saturated rings. The van der Waals surface area contributed by atoms with Gasteiger partial charge in [0.2, 0.25) is 5.91 Å². The topological polar surface area (TPSA) is 51.0 Å². The zero-order valence-electron chi connectivity index (χ0n) is 17.9. The van der Waals surface area contributed by atoms with Crippen LogP contribution in [0.2, 0.25) is 0 Å². The van der Waals surface area contributed by atoms with Gasteiger partial charge in [0.05, 0.1) is 6.04 Å². The highest BCUT2D eigenvalue weighted by atomic mass is 16.2. The molecule has 1 saturated heterocycles. The summed E-state index contributed by atoms with van der Waals surface area (Å²) in [6.07, 6.45) is 10.2. The van der Waals surface area contributed by atoms with Gasteiger partial charge in [-0.3, -0.25) is 4.79 Å². The molecule has 0 aliphatic carbocycles. The van der Waals surface area contributed by atoms with E-state index in [-0.39, 0.29) is 17.4 Å². The van der Waals surface area contributed by atoms with Crippen molar-refractivity contribution in [1.82, 2.24) is 19.7 Å². The second-order valence-corrected chi connectivity index (χ2v) is 9.33. The minimum atomic E-state index is 0.0507. The fourth-order valence-electron chi connectivity index (χ4n) is 4.41. The van der Waals surface area contributed by atoms with Crippen LogP contribution in [0.3, 0.4) is 0 Å². The maximum Gasteiger partial charge on any atom is 0.247 e. The number of benzene rings is 1. The third-order valence-electron chi connectivity index (χ3n) is 6.17. The molecule has 1 aromatic heterocycles. The third-order valence-corrected chi connectivity index (χ3v) is 6.17. The summed E-state index contributed by atoms with van der Waals surface area (Å²) in [5, 5.41) is 8.93. The molecular formula is C24H32N4O. The van der Waals surface area contributed by atoms with E-state index in [1.165, 1.54) is 24.8 Å². The molecule has 0 bridgehead atoms. The minimum absolute atomic E-state index is 0.0507. The van der Waals surface area contributed by atoms with Crippen molar-refractivity contribution < 1.29 is 4.79 Å². The van der Waals surface area contributed by atoms with E-state index in [1.807, 2.05) is 11.0 Å². The smallest absolute Gasteiger partial charge is 0.247 e. The first-order chi connectivity index (χ1) is 13.9. The van der Waals surface area contributed by atoms with Gasteiger partial charge in [0.1, 0.15) is 5.82 Å². The summed E-state index contributed by atoms with van der Waals surface area (Å²) in [6, 6.07) is 8.52. The Kier molecular flexibility index (Phi) is 5.57. The average molecular weight is 393 g/mol. The van der Waals surface area contributed by atoms with Crippen LogP contribution in [0.5, 0.6) is 0 Å². The molecule has 1 atom stereocenters. The summed E-state index contributed by atoms with van der Waals surface area (Å²) in [6.45, 7) is 8.39. The third kappa shape index (κ3) is 4.29. The van der Waals surface area contributed by atoms with Crippen molar-refractivity contribution in [2.75, 3.05) is 6.54 Å². The van der Waals surface area contributed by atoms with Gasteiger partial charge in [0.15, 0.2) is 5.82 Å². The molecule has 0 saturated carbocycles. The Morgan fingerprint density at radius 3 is 2.59 bits per heavy atom. The van der Waals surface area contributed by atoms with Crippen LogP contribution in [-0.4, -0.2) is 32.1 Å². The Labute approximate surface area is 173 Å². The molecule has 1 amide bonds. The van der Waals surface area contributed by atoms with Crippen molar-refractivity contribution in [2.24, 2.45) is 0 Å². The van der Waals surface area contributed by atoms with Crippen LogP contribution in [0, 0.1) is 0 Å². The molecule has 2 aliphatic heterocycles. The van der Waals surface area contributed by atoms with Crippen LogP contribution >= 0.6 is 0 Å². The number of likely N-dealkylation sites (tertiary alicyclic amines) is 1. The first-order valence-corrected chi connectivity index (χ1v) is 10.9. The lowest BCUT2D eigenvalue weighted by molar-refractivity contribution is -0.127. The number of carbonyl (C=O) groups is 1. The van der Waals surface area contributed by atoms with Gasteiger partial charge in [-0.1, -0.05) is 51.5 Å². The quantitative estimate of drug-likeness (QED) is 0.713. The van der Waals surface area contributed by atoms with Gasteiger partial charge >= 0.3 is 0 Å². The second kappa shape index (κ2) is 8.13. The zero-order chi connectivity index (χ0) is 20.4. The lowest BCUT2D eigenvalue weighted by atomic mass is 9.87. The SMILES string of the molecule is CC(C)(C)c1ccc(/C=C/C(=O)N2CCCC2c2nnc3n2CCCCC3)cc1. The second-order valence-electron chi connectivity index (χ2n) is 9.33. The van der Waals surface area contributed by atoms with Crippen molar-refractivity contribution in [3.05, 3.63) is 53.1 Å². The standard InChI is InChI=1S/C24H32N4O/c1-24(2,3)19-13-10-18(11-14-19)12-15-22(29)27-17-7-8-20(27)23-26-25-21-9-5-4-6-16-28(21)23/h10-15,20H,4-9,16-17H2,1-3H3/b15-12+. The van der Waals surface area contributed by atoms with E-state index in [1.54, 1.807) is 6.08 Å². The maximum absolute atomic E-state index is 13.0. The number of amides is 1. The van der Waals surface area contributed by atoms with Crippen molar-refractivity contribution >= 4 is 12.0 Å². The van der Waals surface area contributed by atoms with E-state index in [9.17, 15) is 4.79 Å². The summed E-state index contributed by atoms with van der Waals surface area (Å²) < 4.78 is 2.28. The number of aryl methyl sites for hydroxylation is 1. The Bertz CT molecular complexity index is 889. The van der Waals surface area contributed by atoms with E-state index < -0.39 is 0 Å². The van der Waals surface area contributed by atoms with Crippen LogP contribution < -0.4 is 0 Å². The van der Waals surface area contributed by atoms with Crippen molar-refractivity contribution in [3.63, 3.8) is 0 Å². The van der Waals surface area contributed by atoms with Crippen LogP contribution in [0.25, 0.3) is 6.08 Å². The summed E-state index contributed by atoms with van der Waals surface area (Å²) in [5.74, 6) is 2.14. The number of fused-ring (bicyclic) bond motifs is 1. The highest BCUT2D eigenvalue weighted by Gasteiger charge is 2.33. The Balaban J connectivity index is 1.48. The Morgan fingerprint density at radius 1 is 1.03 bits per heavy atom. The molecule has 5 nitrogen and oxygen atoms in total. The Hall–Kier alpha value is -2.43. The van der Waals surface area contributed by atoms with E-state index >= 15 is 0 Å². The van der Waals surface area contributed by atoms with Crippen LogP contribution in [-0.2, 0) is 23.2 Å². The van der Waals surface area contributed by atoms with E-state index in [2.05, 4.69) is 59.8 Å². The van der Waals surface area contributed by atoms with Gasteiger partial charge in [0.25, 0.3) is 0 Å². The van der Waals surface area contributed by atoms with Crippen LogP contribution in [0.4, 0.5) is 0 Å². The monoisotopic (exact) mass is 392 g/mol. The Morgan fingerprint density at radius 2 is 1.83 bits per heavy atom.